The number of sulfonamides is 1. The van der Waals surface area contributed by atoms with Gasteiger partial charge < -0.3 is 5.32 Å². The van der Waals surface area contributed by atoms with Gasteiger partial charge in [-0.25, -0.2) is 13.4 Å². The van der Waals surface area contributed by atoms with Gasteiger partial charge in [0.25, 0.3) is 0 Å². The molecule has 0 spiro atoms. The van der Waals surface area contributed by atoms with E-state index in [-0.39, 0.29) is 17.1 Å². The predicted octanol–water partition coefficient (Wildman–Crippen LogP) is 4.77. The topological polar surface area (TPSA) is 88.2 Å². The first kappa shape index (κ1) is 20.2. The molecule has 1 saturated carbocycles. The van der Waals surface area contributed by atoms with Crippen LogP contribution in [-0.2, 0) is 21.2 Å². The molecule has 1 atom stereocenters. The molecule has 1 fully saturated rings. The first-order valence-electron chi connectivity index (χ1n) is 10.5. The van der Waals surface area contributed by atoms with Crippen molar-refractivity contribution in [1.82, 2.24) is 4.98 Å². The molecule has 0 bridgehead atoms. The fourth-order valence-corrected chi connectivity index (χ4v) is 6.63. The van der Waals surface area contributed by atoms with E-state index in [1.807, 2.05) is 42.5 Å². The van der Waals surface area contributed by atoms with Crippen molar-refractivity contribution in [2.24, 2.45) is 0 Å². The van der Waals surface area contributed by atoms with Crippen molar-refractivity contribution in [3.05, 3.63) is 65.2 Å². The number of nitrogens with one attached hydrogen (secondary N) is 2. The molecular weight excluding hydrogens is 430 g/mol. The molecule has 0 aliphatic heterocycles. The fourth-order valence-electron chi connectivity index (χ4n) is 3.90. The zero-order valence-electron chi connectivity index (χ0n) is 16.9. The molecule has 1 unspecified atom stereocenters. The summed E-state index contributed by atoms with van der Waals surface area (Å²) in [7, 11) is -3.36. The normalized spacial score (nSPS) is 18.3. The molecule has 31 heavy (non-hydrogen) atoms. The van der Waals surface area contributed by atoms with Gasteiger partial charge in [-0.2, -0.15) is 0 Å². The van der Waals surface area contributed by atoms with Crippen LogP contribution in [0.4, 0.5) is 10.8 Å². The minimum absolute atomic E-state index is 0.0753. The number of amides is 1. The van der Waals surface area contributed by atoms with E-state index < -0.39 is 10.0 Å². The number of nitrogens with zero attached hydrogens (tertiary/aromatic N) is 1. The van der Waals surface area contributed by atoms with Crippen molar-refractivity contribution in [2.75, 3.05) is 10.0 Å². The third-order valence-corrected chi connectivity index (χ3v) is 8.80. The average molecular weight is 454 g/mol. The summed E-state index contributed by atoms with van der Waals surface area (Å²) in [5.74, 6) is -0.386. The van der Waals surface area contributed by atoms with Crippen LogP contribution < -0.4 is 10.0 Å². The summed E-state index contributed by atoms with van der Waals surface area (Å²) in [5.41, 5.74) is 3.80. The second-order valence-electron chi connectivity index (χ2n) is 8.05. The van der Waals surface area contributed by atoms with Crippen LogP contribution in [0.2, 0.25) is 0 Å². The molecule has 1 amide bonds. The Morgan fingerprint density at radius 2 is 1.68 bits per heavy atom. The van der Waals surface area contributed by atoms with Gasteiger partial charge in [-0.1, -0.05) is 42.5 Å². The maximum absolute atomic E-state index is 13.0. The van der Waals surface area contributed by atoms with Gasteiger partial charge in [0.05, 0.1) is 16.9 Å². The second-order valence-corrected chi connectivity index (χ2v) is 11.0. The summed E-state index contributed by atoms with van der Waals surface area (Å²) in [4.78, 5) is 18.4. The van der Waals surface area contributed by atoms with Crippen molar-refractivity contribution in [1.29, 1.82) is 0 Å². The molecule has 1 aromatic heterocycles. The first-order valence-corrected chi connectivity index (χ1v) is 12.8. The molecule has 1 heterocycles. The Labute approximate surface area is 185 Å². The molecule has 6 nitrogen and oxygen atoms in total. The highest BCUT2D eigenvalue weighted by Crippen LogP contribution is 2.39. The fraction of sp³-hybridized carbons (Fsp3) is 0.304. The van der Waals surface area contributed by atoms with E-state index in [2.05, 4.69) is 27.2 Å². The highest BCUT2D eigenvalue weighted by atomic mass is 32.2. The third-order valence-electron chi connectivity index (χ3n) is 5.72. The Morgan fingerprint density at radius 3 is 2.39 bits per heavy atom. The minimum atomic E-state index is -3.36. The van der Waals surface area contributed by atoms with Gasteiger partial charge in [-0.15, -0.1) is 11.3 Å². The number of carbonyl (C=O) groups is 1. The number of thiazole rings is 1. The van der Waals surface area contributed by atoms with Crippen LogP contribution in [0.25, 0.3) is 11.1 Å². The summed E-state index contributed by atoms with van der Waals surface area (Å²) in [5, 5.41) is 3.10. The van der Waals surface area contributed by atoms with E-state index in [0.717, 1.165) is 46.6 Å². The first-order chi connectivity index (χ1) is 15.0. The van der Waals surface area contributed by atoms with Crippen LogP contribution in [0.15, 0.2) is 54.6 Å². The van der Waals surface area contributed by atoms with Crippen molar-refractivity contribution in [3.63, 3.8) is 0 Å². The molecule has 2 N–H and O–H groups in total. The Morgan fingerprint density at radius 1 is 0.968 bits per heavy atom. The number of aryl methyl sites for hydroxylation is 1. The van der Waals surface area contributed by atoms with Gasteiger partial charge in [0.15, 0.2) is 5.13 Å². The van der Waals surface area contributed by atoms with Gasteiger partial charge in [0, 0.05) is 10.6 Å². The molecular formula is C23H23N3O3S2. The van der Waals surface area contributed by atoms with Gasteiger partial charge in [-0.3, -0.25) is 9.52 Å². The number of fused-ring (bicyclic) bond motifs is 1. The van der Waals surface area contributed by atoms with Crippen molar-refractivity contribution in [3.8, 4) is 11.1 Å². The van der Waals surface area contributed by atoms with E-state index in [1.165, 1.54) is 11.3 Å². The molecule has 3 aromatic rings. The summed E-state index contributed by atoms with van der Waals surface area (Å²) >= 11 is 1.29. The number of hydrogen-bond acceptors (Lipinski definition) is 5. The maximum atomic E-state index is 13.0. The quantitative estimate of drug-likeness (QED) is 0.563. The van der Waals surface area contributed by atoms with Gasteiger partial charge in [0.1, 0.15) is 0 Å². The van der Waals surface area contributed by atoms with E-state index >= 15 is 0 Å². The Balaban J connectivity index is 1.30. The van der Waals surface area contributed by atoms with Crippen LogP contribution in [0.3, 0.4) is 0 Å². The van der Waals surface area contributed by atoms with Gasteiger partial charge in [0.2, 0.25) is 15.9 Å². The molecule has 160 valence electrons. The molecule has 5 rings (SSSR count). The van der Waals surface area contributed by atoms with Crippen molar-refractivity contribution in [2.45, 2.75) is 43.3 Å². The highest BCUT2D eigenvalue weighted by molar-refractivity contribution is 7.93. The third kappa shape index (κ3) is 4.36. The lowest BCUT2D eigenvalue weighted by Crippen LogP contribution is -2.23. The number of carbonyl (C=O) groups excluding carboxylic acids is 1. The number of rotatable bonds is 6. The second kappa shape index (κ2) is 8.09. The lowest BCUT2D eigenvalue weighted by atomic mass is 9.91. The SMILES string of the molecule is O=C(Nc1ccc(-c2ccccc2)cc1)C1CCCc2nc(NS(=O)(=O)C3CC3)sc21. The Kier molecular flexibility index (Phi) is 5.27. The van der Waals surface area contributed by atoms with E-state index in [9.17, 15) is 13.2 Å². The van der Waals surface area contributed by atoms with Crippen molar-refractivity contribution < 1.29 is 13.2 Å². The molecule has 2 aliphatic rings. The van der Waals surface area contributed by atoms with E-state index in [1.54, 1.807) is 0 Å². The Bertz CT molecular complexity index is 1200. The summed E-state index contributed by atoms with van der Waals surface area (Å²) in [6.45, 7) is 0. The van der Waals surface area contributed by atoms with E-state index in [4.69, 9.17) is 0 Å². The monoisotopic (exact) mass is 453 g/mol. The lowest BCUT2D eigenvalue weighted by Gasteiger charge is -2.20. The number of benzene rings is 2. The predicted molar refractivity (Wildman–Crippen MR) is 124 cm³/mol. The standard InChI is InChI=1S/C23H23N3O3S2/c27-22(24-17-11-9-16(10-12-17)15-5-2-1-3-6-15)19-7-4-8-20-21(19)30-23(25-20)26-31(28,29)18-13-14-18/h1-3,5-6,9-12,18-19H,4,7-8,13-14H2,(H,24,27)(H,25,26). The molecule has 8 heteroatoms. The summed E-state index contributed by atoms with van der Waals surface area (Å²) in [6.07, 6.45) is 3.77. The maximum Gasteiger partial charge on any atom is 0.237 e. The van der Waals surface area contributed by atoms with Gasteiger partial charge in [-0.05, 0) is 55.4 Å². The molecule has 2 aliphatic carbocycles. The lowest BCUT2D eigenvalue weighted by molar-refractivity contribution is -0.117. The summed E-state index contributed by atoms with van der Waals surface area (Å²) in [6, 6.07) is 17.9. The van der Waals surface area contributed by atoms with Crippen LogP contribution in [-0.4, -0.2) is 24.6 Å². The number of anilines is 2. The van der Waals surface area contributed by atoms with Gasteiger partial charge >= 0.3 is 0 Å². The van der Waals surface area contributed by atoms with Crippen LogP contribution >= 0.6 is 11.3 Å². The van der Waals surface area contributed by atoms with Crippen LogP contribution in [0.1, 0.15) is 42.2 Å². The number of hydrogen-bond donors (Lipinski definition) is 2. The van der Waals surface area contributed by atoms with Crippen LogP contribution in [0, 0.1) is 0 Å². The zero-order chi connectivity index (χ0) is 21.4. The molecule has 0 saturated heterocycles. The zero-order valence-corrected chi connectivity index (χ0v) is 18.5. The largest absolute Gasteiger partial charge is 0.326 e. The average Bonchev–Trinajstić information content (AvgIpc) is 3.56. The molecule has 0 radical (unpaired) electrons. The van der Waals surface area contributed by atoms with E-state index in [0.29, 0.717) is 18.0 Å². The number of aromatic nitrogens is 1. The van der Waals surface area contributed by atoms with Crippen molar-refractivity contribution >= 4 is 38.1 Å². The minimum Gasteiger partial charge on any atom is -0.326 e. The Hall–Kier alpha value is -2.71. The highest BCUT2D eigenvalue weighted by Gasteiger charge is 2.37. The smallest absolute Gasteiger partial charge is 0.237 e. The van der Waals surface area contributed by atoms with Crippen LogP contribution in [0.5, 0.6) is 0 Å². The summed E-state index contributed by atoms with van der Waals surface area (Å²) < 4.78 is 27.1. The molecule has 2 aromatic carbocycles.